The monoisotopic (exact) mass is 268 g/mol. The second kappa shape index (κ2) is 4.66. The zero-order chi connectivity index (χ0) is 13.3. The molecule has 1 heterocycles. The average molecular weight is 269 g/mol. The summed E-state index contributed by atoms with van der Waals surface area (Å²) in [5.41, 5.74) is 6.44. The van der Waals surface area contributed by atoms with Gasteiger partial charge < -0.3 is 11.1 Å². The molecule has 0 atom stereocenters. The van der Waals surface area contributed by atoms with Crippen LogP contribution in [0.15, 0.2) is 18.2 Å². The number of amides is 1. The average Bonchev–Trinajstić information content (AvgIpc) is 2.64. The van der Waals surface area contributed by atoms with Crippen LogP contribution in [-0.4, -0.2) is 16.1 Å². The number of halogens is 2. The first-order chi connectivity index (χ1) is 8.49. The highest BCUT2D eigenvalue weighted by Crippen LogP contribution is 2.20. The van der Waals surface area contributed by atoms with Crippen molar-refractivity contribution in [1.82, 2.24) is 10.2 Å². The number of nitrogen functional groups attached to an aromatic ring is 1. The Morgan fingerprint density at radius 3 is 2.89 bits per heavy atom. The minimum absolute atomic E-state index is 0.164. The third kappa shape index (κ3) is 2.28. The molecular weight excluding hydrogens is 259 g/mol. The Balaban J connectivity index is 2.27. The Hall–Kier alpha value is -2.08. The van der Waals surface area contributed by atoms with Crippen LogP contribution in [-0.2, 0) is 0 Å². The van der Waals surface area contributed by atoms with E-state index >= 15 is 0 Å². The molecule has 7 heteroatoms. The molecule has 4 N–H and O–H groups in total. The SMILES string of the molecule is Cc1[nH]nc(NC(=O)c2cc(Cl)ccc2F)c1N. The van der Waals surface area contributed by atoms with Crippen LogP contribution < -0.4 is 11.1 Å². The third-order valence-corrected chi connectivity index (χ3v) is 2.63. The summed E-state index contributed by atoms with van der Waals surface area (Å²) in [6.45, 7) is 1.71. The summed E-state index contributed by atoms with van der Waals surface area (Å²) in [5, 5.41) is 9.09. The first-order valence-corrected chi connectivity index (χ1v) is 5.43. The number of nitrogens with one attached hydrogen (secondary N) is 2. The normalized spacial score (nSPS) is 10.4. The van der Waals surface area contributed by atoms with E-state index in [0.29, 0.717) is 11.4 Å². The molecule has 2 rings (SSSR count). The smallest absolute Gasteiger partial charge is 0.259 e. The van der Waals surface area contributed by atoms with Crippen LogP contribution in [0.5, 0.6) is 0 Å². The summed E-state index contributed by atoms with van der Waals surface area (Å²) in [5.74, 6) is -1.16. The van der Waals surface area contributed by atoms with Gasteiger partial charge in [-0.05, 0) is 25.1 Å². The summed E-state index contributed by atoms with van der Waals surface area (Å²) < 4.78 is 13.4. The number of anilines is 2. The van der Waals surface area contributed by atoms with Crippen LogP contribution >= 0.6 is 11.6 Å². The Morgan fingerprint density at radius 1 is 1.56 bits per heavy atom. The number of hydrogen-bond donors (Lipinski definition) is 3. The maximum absolute atomic E-state index is 13.4. The quantitative estimate of drug-likeness (QED) is 0.782. The molecule has 0 saturated heterocycles. The number of benzene rings is 1. The molecule has 0 bridgehead atoms. The molecule has 0 radical (unpaired) electrons. The standard InChI is InChI=1S/C11H10ClFN4O/c1-5-9(14)10(17-16-5)15-11(18)7-4-6(12)2-3-8(7)13/h2-4H,14H2,1H3,(H2,15,16,17,18). The molecule has 0 aliphatic rings. The van der Waals surface area contributed by atoms with E-state index < -0.39 is 11.7 Å². The molecule has 0 aliphatic heterocycles. The van der Waals surface area contributed by atoms with Crippen molar-refractivity contribution < 1.29 is 9.18 Å². The number of carbonyl (C=O) groups is 1. The zero-order valence-corrected chi connectivity index (χ0v) is 10.2. The predicted molar refractivity (Wildman–Crippen MR) is 67.1 cm³/mol. The first kappa shape index (κ1) is 12.4. The van der Waals surface area contributed by atoms with Gasteiger partial charge in [-0.25, -0.2) is 4.39 Å². The van der Waals surface area contributed by atoms with Crippen LogP contribution in [0.3, 0.4) is 0 Å². The van der Waals surface area contributed by atoms with Crippen molar-refractivity contribution in [1.29, 1.82) is 0 Å². The van der Waals surface area contributed by atoms with Crippen molar-refractivity contribution in [3.8, 4) is 0 Å². The molecule has 94 valence electrons. The van der Waals surface area contributed by atoms with Gasteiger partial charge in [0.15, 0.2) is 5.82 Å². The zero-order valence-electron chi connectivity index (χ0n) is 9.42. The van der Waals surface area contributed by atoms with Crippen molar-refractivity contribution >= 4 is 29.0 Å². The van der Waals surface area contributed by atoms with Gasteiger partial charge in [-0.1, -0.05) is 11.6 Å². The molecule has 1 amide bonds. The molecular formula is C11H10ClFN4O. The number of aromatic nitrogens is 2. The molecule has 18 heavy (non-hydrogen) atoms. The van der Waals surface area contributed by atoms with Gasteiger partial charge in [0.25, 0.3) is 5.91 Å². The Bertz CT molecular complexity index is 611. The minimum atomic E-state index is -0.664. The number of rotatable bonds is 2. The molecule has 0 spiro atoms. The van der Waals surface area contributed by atoms with E-state index in [1.165, 1.54) is 12.1 Å². The summed E-state index contributed by atoms with van der Waals surface area (Å²) in [6.07, 6.45) is 0. The fourth-order valence-electron chi connectivity index (χ4n) is 1.38. The molecule has 0 fully saturated rings. The lowest BCUT2D eigenvalue weighted by Crippen LogP contribution is -2.15. The van der Waals surface area contributed by atoms with Crippen LogP contribution in [0, 0.1) is 12.7 Å². The second-order valence-corrected chi connectivity index (χ2v) is 4.13. The van der Waals surface area contributed by atoms with Gasteiger partial charge >= 0.3 is 0 Å². The van der Waals surface area contributed by atoms with E-state index in [1.807, 2.05) is 0 Å². The number of nitrogens with zero attached hydrogens (tertiary/aromatic N) is 1. The van der Waals surface area contributed by atoms with Crippen LogP contribution in [0.2, 0.25) is 5.02 Å². The van der Waals surface area contributed by atoms with Gasteiger partial charge in [-0.2, -0.15) is 5.10 Å². The molecule has 0 unspecified atom stereocenters. The first-order valence-electron chi connectivity index (χ1n) is 5.06. The second-order valence-electron chi connectivity index (χ2n) is 3.69. The molecule has 1 aromatic heterocycles. The molecule has 5 nitrogen and oxygen atoms in total. The van der Waals surface area contributed by atoms with E-state index in [0.717, 1.165) is 6.07 Å². The highest BCUT2D eigenvalue weighted by molar-refractivity contribution is 6.31. The highest BCUT2D eigenvalue weighted by atomic mass is 35.5. The fraction of sp³-hybridized carbons (Fsp3) is 0.0909. The summed E-state index contributed by atoms with van der Waals surface area (Å²) in [7, 11) is 0. The van der Waals surface area contributed by atoms with Gasteiger partial charge in [0, 0.05) is 5.02 Å². The fourth-order valence-corrected chi connectivity index (χ4v) is 1.55. The van der Waals surface area contributed by atoms with Gasteiger partial charge in [0.2, 0.25) is 0 Å². The van der Waals surface area contributed by atoms with Crippen LogP contribution in [0.1, 0.15) is 16.1 Å². The topological polar surface area (TPSA) is 83.8 Å². The van der Waals surface area contributed by atoms with Gasteiger partial charge in [0.05, 0.1) is 16.9 Å². The van der Waals surface area contributed by atoms with E-state index in [-0.39, 0.29) is 16.4 Å². The van der Waals surface area contributed by atoms with Crippen molar-refractivity contribution in [2.45, 2.75) is 6.92 Å². The van der Waals surface area contributed by atoms with Gasteiger partial charge in [-0.3, -0.25) is 9.89 Å². The number of carbonyl (C=O) groups excluding carboxylic acids is 1. The van der Waals surface area contributed by atoms with Crippen LogP contribution in [0.25, 0.3) is 0 Å². The highest BCUT2D eigenvalue weighted by Gasteiger charge is 2.15. The molecule has 0 saturated carbocycles. The minimum Gasteiger partial charge on any atom is -0.394 e. The lowest BCUT2D eigenvalue weighted by Gasteiger charge is -2.04. The van der Waals surface area contributed by atoms with Crippen molar-refractivity contribution in [2.75, 3.05) is 11.1 Å². The van der Waals surface area contributed by atoms with Crippen LogP contribution in [0.4, 0.5) is 15.9 Å². The van der Waals surface area contributed by atoms with E-state index in [4.69, 9.17) is 17.3 Å². The third-order valence-electron chi connectivity index (χ3n) is 2.40. The lowest BCUT2D eigenvalue weighted by atomic mass is 10.2. The summed E-state index contributed by atoms with van der Waals surface area (Å²) >= 11 is 5.71. The number of aryl methyl sites for hydroxylation is 1. The number of H-pyrrole nitrogens is 1. The van der Waals surface area contributed by atoms with Crippen molar-refractivity contribution in [2.24, 2.45) is 0 Å². The largest absolute Gasteiger partial charge is 0.394 e. The predicted octanol–water partition coefficient (Wildman–Crippen LogP) is 2.35. The van der Waals surface area contributed by atoms with Gasteiger partial charge in [-0.15, -0.1) is 0 Å². The van der Waals surface area contributed by atoms with Crippen molar-refractivity contribution in [3.63, 3.8) is 0 Å². The van der Waals surface area contributed by atoms with E-state index in [9.17, 15) is 9.18 Å². The number of hydrogen-bond acceptors (Lipinski definition) is 3. The summed E-state index contributed by atoms with van der Waals surface area (Å²) in [4.78, 5) is 11.8. The Morgan fingerprint density at radius 2 is 2.28 bits per heavy atom. The Labute approximate surface area is 107 Å². The maximum Gasteiger partial charge on any atom is 0.259 e. The maximum atomic E-state index is 13.4. The number of nitrogens with two attached hydrogens (primary N) is 1. The number of aromatic amines is 1. The molecule has 1 aromatic carbocycles. The molecule has 0 aliphatic carbocycles. The molecule has 2 aromatic rings. The summed E-state index contributed by atoms with van der Waals surface area (Å²) in [6, 6.07) is 3.72. The van der Waals surface area contributed by atoms with Gasteiger partial charge in [0.1, 0.15) is 5.82 Å². The van der Waals surface area contributed by atoms with Crippen molar-refractivity contribution in [3.05, 3.63) is 40.3 Å². The van der Waals surface area contributed by atoms with E-state index in [2.05, 4.69) is 15.5 Å². The van der Waals surface area contributed by atoms with E-state index in [1.54, 1.807) is 6.92 Å². The Kier molecular flexibility index (Phi) is 3.20. The lowest BCUT2D eigenvalue weighted by molar-refractivity contribution is 0.102.